The number of benzene rings is 2. The van der Waals surface area contributed by atoms with Crippen LogP contribution in [0.3, 0.4) is 0 Å². The fraction of sp³-hybridized carbons (Fsp3) is 0.174. The highest BCUT2D eigenvalue weighted by Gasteiger charge is 2.26. The highest BCUT2D eigenvalue weighted by Crippen LogP contribution is 2.33. The van der Waals surface area contributed by atoms with Crippen molar-refractivity contribution in [2.75, 3.05) is 11.9 Å². The van der Waals surface area contributed by atoms with Gasteiger partial charge in [-0.3, -0.25) is 4.79 Å². The molecular weight excluding hydrogens is 474 g/mol. The van der Waals surface area contributed by atoms with Crippen LogP contribution in [0.4, 0.5) is 10.8 Å². The Bertz CT molecular complexity index is 1380. The number of amides is 1. The van der Waals surface area contributed by atoms with Crippen molar-refractivity contribution in [1.29, 1.82) is 0 Å². The second-order valence-corrected chi connectivity index (χ2v) is 8.46. The van der Waals surface area contributed by atoms with Gasteiger partial charge in [-0.25, -0.2) is 9.78 Å². The molecule has 12 heteroatoms. The lowest BCUT2D eigenvalue weighted by Crippen LogP contribution is -2.27. The molecule has 3 heterocycles. The summed E-state index contributed by atoms with van der Waals surface area (Å²) in [6.07, 6.45) is -0.0497. The molecule has 1 atom stereocenters. The van der Waals surface area contributed by atoms with E-state index in [1.807, 2.05) is 0 Å². The van der Waals surface area contributed by atoms with Crippen LogP contribution in [-0.4, -0.2) is 44.8 Å². The molecule has 1 saturated heterocycles. The molecule has 0 radical (unpaired) electrons. The maximum atomic E-state index is 12.0. The first-order chi connectivity index (χ1) is 16.9. The Labute approximate surface area is 202 Å². The van der Waals surface area contributed by atoms with Crippen LogP contribution in [0.1, 0.15) is 22.8 Å². The third kappa shape index (κ3) is 5.22. The number of rotatable bonds is 8. The molecule has 1 aliphatic rings. The zero-order valence-corrected chi connectivity index (χ0v) is 19.2. The van der Waals surface area contributed by atoms with E-state index < -0.39 is 12.1 Å². The summed E-state index contributed by atoms with van der Waals surface area (Å²) in [6.45, 7) is 2.27. The van der Waals surface area contributed by atoms with Gasteiger partial charge in [0.1, 0.15) is 17.2 Å². The molecule has 35 heavy (non-hydrogen) atoms. The van der Waals surface area contributed by atoms with E-state index in [4.69, 9.17) is 19.0 Å². The van der Waals surface area contributed by atoms with E-state index in [0.717, 1.165) is 16.9 Å². The molecule has 0 saturated carbocycles. The Morgan fingerprint density at radius 1 is 1.17 bits per heavy atom. The zero-order chi connectivity index (χ0) is 24.4. The van der Waals surface area contributed by atoms with E-state index in [0.29, 0.717) is 52.8 Å². The molecule has 11 nitrogen and oxygen atoms in total. The van der Waals surface area contributed by atoms with Crippen molar-refractivity contribution < 1.29 is 28.6 Å². The molecule has 0 spiro atoms. The minimum absolute atomic E-state index is 0.0551. The van der Waals surface area contributed by atoms with E-state index in [-0.39, 0.29) is 11.6 Å². The smallest absolute Gasteiger partial charge is 0.355 e. The molecule has 0 aliphatic carbocycles. The Kier molecular flexibility index (Phi) is 6.02. The molecule has 1 fully saturated rings. The second kappa shape index (κ2) is 9.43. The predicted octanol–water partition coefficient (Wildman–Crippen LogP) is 4.00. The predicted molar refractivity (Wildman–Crippen MR) is 125 cm³/mol. The Morgan fingerprint density at radius 2 is 1.97 bits per heavy atom. The minimum Gasteiger partial charge on any atom is -0.480 e. The number of aromatic nitrogens is 3. The average Bonchev–Trinajstić information content (AvgIpc) is 3.57. The molecule has 1 amide bonds. The minimum atomic E-state index is -1.11. The monoisotopic (exact) mass is 493 g/mol. The maximum Gasteiger partial charge on any atom is 0.355 e. The fourth-order valence-corrected chi connectivity index (χ4v) is 4.09. The number of hydrogen-bond donors (Lipinski definition) is 3. The number of carboxylic acids is 1. The van der Waals surface area contributed by atoms with Crippen LogP contribution in [0, 0.1) is 6.92 Å². The van der Waals surface area contributed by atoms with Crippen LogP contribution in [0.5, 0.6) is 17.2 Å². The highest BCUT2D eigenvalue weighted by atomic mass is 32.1. The van der Waals surface area contributed by atoms with Crippen LogP contribution in [0.2, 0.25) is 0 Å². The Morgan fingerprint density at radius 3 is 2.63 bits per heavy atom. The van der Waals surface area contributed by atoms with Gasteiger partial charge >= 0.3 is 5.97 Å². The standard InChI is InChI=1S/C23H19N5O6S/c1-12-27-28-21(32-12)13-2-4-15(5-3-13)33-16-8-14(25-23-26-18(11-35-23)22(30)31)9-17(10-16)34-19-6-7-24-20(19)29/h2-5,8-11,19H,6-7H2,1H3,(H,24,29)(H,25,26)(H,30,31). The molecule has 2 aromatic carbocycles. The Hall–Kier alpha value is -4.45. The van der Waals surface area contributed by atoms with Gasteiger partial charge in [-0.15, -0.1) is 21.5 Å². The molecule has 3 N–H and O–H groups in total. The number of aromatic carboxylic acids is 1. The van der Waals surface area contributed by atoms with Crippen molar-refractivity contribution in [3.8, 4) is 28.7 Å². The first kappa shape index (κ1) is 22.3. The number of anilines is 2. The van der Waals surface area contributed by atoms with Gasteiger partial charge in [0, 0.05) is 54.7 Å². The third-order valence-corrected chi connectivity index (χ3v) is 5.75. The highest BCUT2D eigenvalue weighted by molar-refractivity contribution is 7.14. The summed E-state index contributed by atoms with van der Waals surface area (Å²) < 4.78 is 17.4. The van der Waals surface area contributed by atoms with E-state index in [9.17, 15) is 9.59 Å². The number of thiazole rings is 1. The molecule has 1 unspecified atom stereocenters. The summed E-state index contributed by atoms with van der Waals surface area (Å²) in [7, 11) is 0. The SMILES string of the molecule is Cc1nnc(-c2ccc(Oc3cc(Nc4nc(C(=O)O)cs4)cc(OC4CCNC4=O)c3)cc2)o1. The molecular formula is C23H19N5O6S. The summed E-state index contributed by atoms with van der Waals surface area (Å²) in [6, 6.07) is 12.2. The lowest BCUT2D eigenvalue weighted by atomic mass is 10.2. The van der Waals surface area contributed by atoms with E-state index in [1.54, 1.807) is 49.4 Å². The number of aryl methyl sites for hydroxylation is 1. The number of carbonyl (C=O) groups excluding carboxylic acids is 1. The van der Waals surface area contributed by atoms with E-state index >= 15 is 0 Å². The summed E-state index contributed by atoms with van der Waals surface area (Å²) in [5.41, 5.74) is 1.25. The second-order valence-electron chi connectivity index (χ2n) is 7.60. The van der Waals surface area contributed by atoms with Crippen molar-refractivity contribution in [2.24, 2.45) is 0 Å². The fourth-order valence-electron chi connectivity index (χ4n) is 3.39. The average molecular weight is 494 g/mol. The zero-order valence-electron chi connectivity index (χ0n) is 18.3. The van der Waals surface area contributed by atoms with Crippen LogP contribution >= 0.6 is 11.3 Å². The van der Waals surface area contributed by atoms with Gasteiger partial charge in [0.05, 0.1) is 0 Å². The van der Waals surface area contributed by atoms with Gasteiger partial charge in [0.15, 0.2) is 16.9 Å². The lowest BCUT2D eigenvalue weighted by molar-refractivity contribution is -0.124. The lowest BCUT2D eigenvalue weighted by Gasteiger charge is -2.15. The molecule has 178 valence electrons. The van der Waals surface area contributed by atoms with Gasteiger partial charge in [-0.1, -0.05) is 0 Å². The first-order valence-corrected chi connectivity index (χ1v) is 11.4. The molecule has 0 bridgehead atoms. The summed E-state index contributed by atoms with van der Waals surface area (Å²) >= 11 is 1.15. The van der Waals surface area contributed by atoms with Gasteiger partial charge in [0.25, 0.3) is 5.91 Å². The quantitative estimate of drug-likeness (QED) is 0.329. The molecule has 1 aliphatic heterocycles. The van der Waals surface area contributed by atoms with Gasteiger partial charge in [-0.05, 0) is 24.3 Å². The van der Waals surface area contributed by atoms with Gasteiger partial charge in [-0.2, -0.15) is 0 Å². The van der Waals surface area contributed by atoms with Crippen LogP contribution in [-0.2, 0) is 4.79 Å². The summed E-state index contributed by atoms with van der Waals surface area (Å²) in [4.78, 5) is 27.2. The largest absolute Gasteiger partial charge is 0.480 e. The number of hydrogen-bond acceptors (Lipinski definition) is 10. The summed E-state index contributed by atoms with van der Waals surface area (Å²) in [5, 5.41) is 24.6. The van der Waals surface area contributed by atoms with Crippen LogP contribution in [0.25, 0.3) is 11.5 Å². The third-order valence-electron chi connectivity index (χ3n) is 4.99. The number of ether oxygens (including phenoxy) is 2. The molecule has 5 rings (SSSR count). The number of nitrogens with one attached hydrogen (secondary N) is 2. The van der Waals surface area contributed by atoms with E-state index in [2.05, 4.69) is 25.8 Å². The summed E-state index contributed by atoms with van der Waals surface area (Å²) in [5.74, 6) is 1.01. The van der Waals surface area contributed by atoms with Gasteiger partial charge in [0.2, 0.25) is 11.8 Å². The normalized spacial score (nSPS) is 15.0. The van der Waals surface area contributed by atoms with Crippen molar-refractivity contribution in [3.05, 3.63) is 59.4 Å². The maximum absolute atomic E-state index is 12.0. The number of carbonyl (C=O) groups is 2. The number of nitrogens with zero attached hydrogens (tertiary/aromatic N) is 3. The van der Waals surface area contributed by atoms with E-state index in [1.165, 1.54) is 5.38 Å². The van der Waals surface area contributed by atoms with Gasteiger partial charge < -0.3 is 29.6 Å². The molecule has 2 aromatic heterocycles. The Balaban J connectivity index is 1.39. The molecule has 4 aromatic rings. The van der Waals surface area contributed by atoms with Crippen molar-refractivity contribution >= 4 is 34.0 Å². The first-order valence-electron chi connectivity index (χ1n) is 10.6. The van der Waals surface area contributed by atoms with Crippen molar-refractivity contribution in [3.63, 3.8) is 0 Å². The van der Waals surface area contributed by atoms with Crippen molar-refractivity contribution in [2.45, 2.75) is 19.4 Å². The number of carboxylic acid groups (broad SMARTS) is 1. The topological polar surface area (TPSA) is 149 Å². The van der Waals surface area contributed by atoms with Crippen LogP contribution in [0.15, 0.2) is 52.3 Å². The van der Waals surface area contributed by atoms with Crippen molar-refractivity contribution in [1.82, 2.24) is 20.5 Å². The van der Waals surface area contributed by atoms with Crippen LogP contribution < -0.4 is 20.1 Å².